The first kappa shape index (κ1) is 12.0. The highest BCUT2D eigenvalue weighted by Crippen LogP contribution is 2.39. The summed E-state index contributed by atoms with van der Waals surface area (Å²) in [7, 11) is 0. The molecule has 2 aromatic rings. The zero-order chi connectivity index (χ0) is 13.6. The number of para-hydroxylation sites is 1. The van der Waals surface area contributed by atoms with Crippen molar-refractivity contribution in [3.05, 3.63) is 30.3 Å². The zero-order valence-corrected chi connectivity index (χ0v) is 11.3. The van der Waals surface area contributed by atoms with Gasteiger partial charge >= 0.3 is 0 Å². The second kappa shape index (κ2) is 4.38. The van der Waals surface area contributed by atoms with E-state index in [1.54, 1.807) is 6.07 Å². The summed E-state index contributed by atoms with van der Waals surface area (Å²) in [4.78, 5) is 10.8. The number of anilines is 1. The highest BCUT2D eigenvalue weighted by atomic mass is 19.1. The largest absolute Gasteiger partial charge is 0.355 e. The lowest BCUT2D eigenvalue weighted by molar-refractivity contribution is 0.369. The van der Waals surface area contributed by atoms with Crippen molar-refractivity contribution in [2.75, 3.05) is 31.1 Å². The average Bonchev–Trinajstić information content (AvgIpc) is 3.10. The van der Waals surface area contributed by atoms with E-state index in [1.165, 1.54) is 25.2 Å². The van der Waals surface area contributed by atoms with E-state index in [4.69, 9.17) is 0 Å². The highest BCUT2D eigenvalue weighted by molar-refractivity contribution is 5.89. The minimum atomic E-state index is -0.275. The van der Waals surface area contributed by atoms with Gasteiger partial charge in [-0.1, -0.05) is 6.07 Å². The molecule has 20 heavy (non-hydrogen) atoms. The molecular weight excluding hydrogens is 255 g/mol. The molecule has 1 aromatic heterocycles. The first-order valence-electron chi connectivity index (χ1n) is 7.12. The van der Waals surface area contributed by atoms with E-state index in [0.717, 1.165) is 37.4 Å². The Morgan fingerprint density at radius 3 is 3.05 bits per heavy atom. The quantitative estimate of drug-likeness (QED) is 0.861. The molecule has 4 rings (SSSR count). The van der Waals surface area contributed by atoms with Gasteiger partial charge in [-0.15, -0.1) is 0 Å². The van der Waals surface area contributed by atoms with Crippen molar-refractivity contribution in [2.45, 2.75) is 12.8 Å². The molecule has 2 saturated heterocycles. The molecule has 5 heteroatoms. The SMILES string of the molecule is Fc1cccc2c(N3CCC4(CCNC4)C3)ncnc12. The lowest BCUT2D eigenvalue weighted by Gasteiger charge is -2.24. The molecule has 2 aliphatic heterocycles. The van der Waals surface area contributed by atoms with Gasteiger partial charge in [0.1, 0.15) is 23.5 Å². The summed E-state index contributed by atoms with van der Waals surface area (Å²) >= 11 is 0. The number of aromatic nitrogens is 2. The van der Waals surface area contributed by atoms with Crippen LogP contribution in [0.15, 0.2) is 24.5 Å². The van der Waals surface area contributed by atoms with Crippen molar-refractivity contribution < 1.29 is 4.39 Å². The predicted molar refractivity (Wildman–Crippen MR) is 76.2 cm³/mol. The molecule has 1 N–H and O–H groups in total. The fourth-order valence-electron chi connectivity index (χ4n) is 3.55. The molecule has 0 bridgehead atoms. The molecule has 1 unspecified atom stereocenters. The van der Waals surface area contributed by atoms with Crippen LogP contribution in [0.5, 0.6) is 0 Å². The number of halogens is 1. The van der Waals surface area contributed by atoms with Crippen LogP contribution in [0.3, 0.4) is 0 Å². The summed E-state index contributed by atoms with van der Waals surface area (Å²) < 4.78 is 13.8. The Bertz CT molecular complexity index is 651. The van der Waals surface area contributed by atoms with E-state index in [2.05, 4.69) is 20.2 Å². The van der Waals surface area contributed by atoms with Gasteiger partial charge in [0.25, 0.3) is 0 Å². The molecule has 1 spiro atoms. The maximum absolute atomic E-state index is 13.8. The normalized spacial score (nSPS) is 25.9. The van der Waals surface area contributed by atoms with Crippen LogP contribution < -0.4 is 10.2 Å². The number of rotatable bonds is 1. The third-order valence-electron chi connectivity index (χ3n) is 4.66. The molecule has 0 radical (unpaired) electrons. The Balaban J connectivity index is 1.74. The van der Waals surface area contributed by atoms with Crippen molar-refractivity contribution in [1.82, 2.24) is 15.3 Å². The molecular formula is C15H17FN4. The van der Waals surface area contributed by atoms with Gasteiger partial charge in [0, 0.05) is 30.4 Å². The smallest absolute Gasteiger partial charge is 0.149 e. The minimum absolute atomic E-state index is 0.275. The van der Waals surface area contributed by atoms with Gasteiger partial charge in [-0.2, -0.15) is 0 Å². The maximum atomic E-state index is 13.8. The number of hydrogen-bond acceptors (Lipinski definition) is 4. The van der Waals surface area contributed by atoms with Crippen molar-refractivity contribution in [3.63, 3.8) is 0 Å². The standard InChI is InChI=1S/C15H17FN4/c16-12-3-1-2-11-13(12)18-10-19-14(11)20-7-5-15(9-20)4-6-17-8-15/h1-3,10,17H,4-9H2. The molecule has 3 heterocycles. The second-order valence-electron chi connectivity index (χ2n) is 5.93. The fraction of sp³-hybridized carbons (Fsp3) is 0.467. The van der Waals surface area contributed by atoms with Crippen molar-refractivity contribution in [1.29, 1.82) is 0 Å². The van der Waals surface area contributed by atoms with Gasteiger partial charge in [0.05, 0.1) is 0 Å². The Morgan fingerprint density at radius 2 is 2.20 bits per heavy atom. The molecule has 0 aliphatic carbocycles. The predicted octanol–water partition coefficient (Wildman–Crippen LogP) is 1.96. The molecule has 104 valence electrons. The minimum Gasteiger partial charge on any atom is -0.355 e. The maximum Gasteiger partial charge on any atom is 0.149 e. The van der Waals surface area contributed by atoms with Gasteiger partial charge in [-0.05, 0) is 31.5 Å². The van der Waals surface area contributed by atoms with E-state index < -0.39 is 0 Å². The van der Waals surface area contributed by atoms with Crippen molar-refractivity contribution >= 4 is 16.7 Å². The van der Waals surface area contributed by atoms with Crippen LogP contribution in [0.4, 0.5) is 10.2 Å². The summed E-state index contributed by atoms with van der Waals surface area (Å²) in [6.07, 6.45) is 3.88. The Kier molecular flexibility index (Phi) is 2.63. The van der Waals surface area contributed by atoms with E-state index in [1.807, 2.05) is 6.07 Å². The van der Waals surface area contributed by atoms with Crippen LogP contribution >= 0.6 is 0 Å². The first-order chi connectivity index (χ1) is 9.77. The summed E-state index contributed by atoms with van der Waals surface area (Å²) in [6.45, 7) is 4.18. The lowest BCUT2D eigenvalue weighted by atomic mass is 9.87. The molecule has 2 aliphatic rings. The van der Waals surface area contributed by atoms with Gasteiger partial charge in [0.2, 0.25) is 0 Å². The van der Waals surface area contributed by atoms with Crippen LogP contribution in [-0.4, -0.2) is 36.1 Å². The molecule has 1 atom stereocenters. The highest BCUT2D eigenvalue weighted by Gasteiger charge is 2.41. The summed E-state index contributed by atoms with van der Waals surface area (Å²) in [6, 6.07) is 5.09. The molecule has 4 nitrogen and oxygen atoms in total. The first-order valence-corrected chi connectivity index (χ1v) is 7.12. The van der Waals surface area contributed by atoms with Gasteiger partial charge in [-0.25, -0.2) is 14.4 Å². The van der Waals surface area contributed by atoms with Crippen LogP contribution in [0, 0.1) is 11.2 Å². The average molecular weight is 272 g/mol. The number of benzene rings is 1. The summed E-state index contributed by atoms with van der Waals surface area (Å²) in [5, 5.41) is 4.27. The zero-order valence-electron chi connectivity index (χ0n) is 11.3. The third-order valence-corrected chi connectivity index (χ3v) is 4.66. The number of fused-ring (bicyclic) bond motifs is 1. The van der Waals surface area contributed by atoms with E-state index >= 15 is 0 Å². The molecule has 1 aromatic carbocycles. The van der Waals surface area contributed by atoms with Gasteiger partial charge < -0.3 is 10.2 Å². The third kappa shape index (κ3) is 1.77. The van der Waals surface area contributed by atoms with E-state index in [9.17, 15) is 4.39 Å². The molecule has 0 amide bonds. The number of hydrogen-bond donors (Lipinski definition) is 1. The van der Waals surface area contributed by atoms with Gasteiger partial charge in [-0.3, -0.25) is 0 Å². The lowest BCUT2D eigenvalue weighted by Crippen LogP contribution is -2.29. The van der Waals surface area contributed by atoms with Crippen molar-refractivity contribution in [2.24, 2.45) is 5.41 Å². The molecule has 0 saturated carbocycles. The Labute approximate surface area is 117 Å². The monoisotopic (exact) mass is 272 g/mol. The van der Waals surface area contributed by atoms with Crippen LogP contribution in [0.2, 0.25) is 0 Å². The fourth-order valence-corrected chi connectivity index (χ4v) is 3.55. The van der Waals surface area contributed by atoms with Crippen LogP contribution in [0.25, 0.3) is 10.9 Å². The van der Waals surface area contributed by atoms with Crippen LogP contribution in [-0.2, 0) is 0 Å². The second-order valence-corrected chi connectivity index (χ2v) is 5.93. The van der Waals surface area contributed by atoms with E-state index in [0.29, 0.717) is 10.9 Å². The summed E-state index contributed by atoms with van der Waals surface area (Å²) in [5.74, 6) is 0.598. The van der Waals surface area contributed by atoms with Crippen LogP contribution in [0.1, 0.15) is 12.8 Å². The van der Waals surface area contributed by atoms with Crippen molar-refractivity contribution in [3.8, 4) is 0 Å². The van der Waals surface area contributed by atoms with E-state index in [-0.39, 0.29) is 5.82 Å². The number of nitrogens with one attached hydrogen (secondary N) is 1. The topological polar surface area (TPSA) is 41.0 Å². The number of nitrogens with zero attached hydrogens (tertiary/aromatic N) is 3. The van der Waals surface area contributed by atoms with Gasteiger partial charge in [0.15, 0.2) is 0 Å². The molecule has 2 fully saturated rings. The Morgan fingerprint density at radius 1 is 1.25 bits per heavy atom. The summed E-state index contributed by atoms with van der Waals surface area (Å²) in [5.41, 5.74) is 0.799. The Hall–Kier alpha value is -1.75.